The van der Waals surface area contributed by atoms with Crippen molar-refractivity contribution in [1.29, 1.82) is 5.26 Å². The Morgan fingerprint density at radius 3 is 2.54 bits per heavy atom. The number of imide groups is 1. The molecule has 3 N–H and O–H groups in total. The van der Waals surface area contributed by atoms with E-state index in [4.69, 9.17) is 5.73 Å². The second-order valence-corrected chi connectivity index (χ2v) is 6.96. The van der Waals surface area contributed by atoms with Crippen LogP contribution >= 0.6 is 0 Å². The van der Waals surface area contributed by atoms with Crippen molar-refractivity contribution in [1.82, 2.24) is 9.80 Å². The summed E-state index contributed by atoms with van der Waals surface area (Å²) in [5.41, 5.74) is 4.61. The minimum Gasteiger partial charge on any atom is -0.391 e. The van der Waals surface area contributed by atoms with E-state index in [1.54, 1.807) is 18.7 Å². The Labute approximate surface area is 141 Å². The molecule has 2 fully saturated rings. The molecule has 2 saturated heterocycles. The van der Waals surface area contributed by atoms with Gasteiger partial charge >= 0.3 is 0 Å². The van der Waals surface area contributed by atoms with Gasteiger partial charge in [0.05, 0.1) is 24.1 Å². The number of likely N-dealkylation sites (tertiary alicyclic amines) is 2. The maximum absolute atomic E-state index is 12.5. The molecule has 0 aromatic carbocycles. The number of carbonyl (C=O) groups excluding carboxylic acids is 3. The van der Waals surface area contributed by atoms with Crippen LogP contribution in [0.4, 0.5) is 0 Å². The number of primary amides is 1. The molecule has 0 aromatic rings. The van der Waals surface area contributed by atoms with E-state index < -0.39 is 29.6 Å². The zero-order valence-corrected chi connectivity index (χ0v) is 14.2. The summed E-state index contributed by atoms with van der Waals surface area (Å²) in [7, 11) is 0. The molecular formula is C16H24N4O4. The third-order valence-electron chi connectivity index (χ3n) is 5.05. The lowest BCUT2D eigenvalue weighted by Crippen LogP contribution is -2.79. The standard InChI is InChI=1S/C16H24N4O4/c1-9(2)15(24)20-12(22)4-6-16(20)8-19(11(16)5-7-17)13(10(3)21)14(18)23/h9-11,13,21H,4-6,8H2,1-3H3,(H2,18,23)/t10-,11?,13+,16?/m1/s1. The molecule has 24 heavy (non-hydrogen) atoms. The van der Waals surface area contributed by atoms with Gasteiger partial charge in [-0.2, -0.15) is 5.26 Å². The third-order valence-corrected chi connectivity index (χ3v) is 5.05. The number of hydrogen-bond acceptors (Lipinski definition) is 6. The largest absolute Gasteiger partial charge is 0.391 e. The van der Waals surface area contributed by atoms with Gasteiger partial charge < -0.3 is 10.8 Å². The Kier molecular flexibility index (Phi) is 4.97. The predicted octanol–water partition coefficient (Wildman–Crippen LogP) is -0.637. The number of carbonyl (C=O) groups is 3. The number of rotatable bonds is 5. The zero-order valence-electron chi connectivity index (χ0n) is 14.2. The van der Waals surface area contributed by atoms with Gasteiger partial charge in [-0.3, -0.25) is 24.2 Å². The maximum Gasteiger partial charge on any atom is 0.237 e. The van der Waals surface area contributed by atoms with E-state index in [-0.39, 0.29) is 37.1 Å². The van der Waals surface area contributed by atoms with Crippen LogP contribution < -0.4 is 5.73 Å². The second kappa shape index (κ2) is 6.49. The van der Waals surface area contributed by atoms with Crippen LogP contribution in [0.5, 0.6) is 0 Å². The molecule has 2 rings (SSSR count). The van der Waals surface area contributed by atoms with Gasteiger partial charge in [0.1, 0.15) is 6.04 Å². The van der Waals surface area contributed by atoms with Crippen LogP contribution in [0, 0.1) is 17.2 Å². The fourth-order valence-electron chi connectivity index (χ4n) is 3.95. The Hall–Kier alpha value is -1.98. The van der Waals surface area contributed by atoms with Crippen molar-refractivity contribution < 1.29 is 19.5 Å². The number of nitriles is 1. The van der Waals surface area contributed by atoms with E-state index in [1.165, 1.54) is 11.8 Å². The molecule has 8 heteroatoms. The summed E-state index contributed by atoms with van der Waals surface area (Å²) in [6.45, 7) is 5.15. The second-order valence-electron chi connectivity index (χ2n) is 6.96. The average molecular weight is 336 g/mol. The SMILES string of the molecule is CC(C)C(=O)N1C(=O)CCC12CN([C@H](C(N)=O)[C@@H](C)O)C2CC#N. The molecule has 0 radical (unpaired) electrons. The molecule has 0 aromatic heterocycles. The highest BCUT2D eigenvalue weighted by atomic mass is 16.3. The summed E-state index contributed by atoms with van der Waals surface area (Å²) < 4.78 is 0. The fraction of sp³-hybridized carbons (Fsp3) is 0.750. The van der Waals surface area contributed by atoms with Gasteiger partial charge in [-0.05, 0) is 13.3 Å². The number of nitrogens with zero attached hydrogens (tertiary/aromatic N) is 3. The Bertz CT molecular complexity index is 597. The summed E-state index contributed by atoms with van der Waals surface area (Å²) in [4.78, 5) is 39.4. The van der Waals surface area contributed by atoms with Crippen LogP contribution in [0.25, 0.3) is 0 Å². The summed E-state index contributed by atoms with van der Waals surface area (Å²) in [6.07, 6.45) is -0.263. The molecule has 0 aliphatic carbocycles. The van der Waals surface area contributed by atoms with Gasteiger partial charge in [-0.1, -0.05) is 13.8 Å². The third kappa shape index (κ3) is 2.68. The number of amides is 3. The highest BCUT2D eigenvalue weighted by Gasteiger charge is 2.64. The first kappa shape index (κ1) is 18.4. The van der Waals surface area contributed by atoms with Crippen LogP contribution in [0.15, 0.2) is 0 Å². The van der Waals surface area contributed by atoms with E-state index >= 15 is 0 Å². The van der Waals surface area contributed by atoms with Crippen molar-refractivity contribution >= 4 is 17.7 Å². The highest BCUT2D eigenvalue weighted by molar-refractivity contribution is 5.99. The number of aliphatic hydroxyl groups excluding tert-OH is 1. The molecular weight excluding hydrogens is 312 g/mol. The van der Waals surface area contributed by atoms with Crippen molar-refractivity contribution in [2.75, 3.05) is 6.54 Å². The Morgan fingerprint density at radius 1 is 1.46 bits per heavy atom. The molecule has 8 nitrogen and oxygen atoms in total. The first-order valence-electron chi connectivity index (χ1n) is 8.14. The molecule has 4 atom stereocenters. The summed E-state index contributed by atoms with van der Waals surface area (Å²) in [5, 5.41) is 19.1. The van der Waals surface area contributed by atoms with Gasteiger partial charge in [-0.25, -0.2) is 0 Å². The van der Waals surface area contributed by atoms with Crippen LogP contribution in [0.3, 0.4) is 0 Å². The van der Waals surface area contributed by atoms with E-state index in [9.17, 15) is 24.8 Å². The van der Waals surface area contributed by atoms with Crippen LogP contribution in [-0.4, -0.2) is 62.9 Å². The lowest BCUT2D eigenvalue weighted by Gasteiger charge is -2.60. The van der Waals surface area contributed by atoms with Crippen molar-refractivity contribution in [2.45, 2.75) is 63.8 Å². The van der Waals surface area contributed by atoms with E-state index in [1.807, 2.05) is 0 Å². The minimum absolute atomic E-state index is 0.0473. The lowest BCUT2D eigenvalue weighted by molar-refractivity contribution is -0.172. The summed E-state index contributed by atoms with van der Waals surface area (Å²) >= 11 is 0. The van der Waals surface area contributed by atoms with Gasteiger partial charge in [0.15, 0.2) is 0 Å². The zero-order chi connectivity index (χ0) is 18.2. The molecule has 2 heterocycles. The van der Waals surface area contributed by atoms with E-state index in [0.29, 0.717) is 6.42 Å². The Balaban J connectivity index is 2.37. The molecule has 2 aliphatic heterocycles. The number of aliphatic hydroxyl groups is 1. The molecule has 2 unspecified atom stereocenters. The topological polar surface area (TPSA) is 128 Å². The monoisotopic (exact) mass is 336 g/mol. The van der Waals surface area contributed by atoms with Crippen LogP contribution in [0.1, 0.15) is 40.0 Å². The smallest absolute Gasteiger partial charge is 0.237 e. The van der Waals surface area contributed by atoms with Crippen LogP contribution in [0.2, 0.25) is 0 Å². The van der Waals surface area contributed by atoms with Gasteiger partial charge in [0, 0.05) is 24.9 Å². The van der Waals surface area contributed by atoms with E-state index in [2.05, 4.69) is 6.07 Å². The first-order chi connectivity index (χ1) is 11.2. The molecule has 3 amide bonds. The molecule has 0 saturated carbocycles. The van der Waals surface area contributed by atoms with E-state index in [0.717, 1.165) is 0 Å². The van der Waals surface area contributed by atoms with Crippen molar-refractivity contribution in [3.63, 3.8) is 0 Å². The average Bonchev–Trinajstić information content (AvgIpc) is 2.82. The highest BCUT2D eigenvalue weighted by Crippen LogP contribution is 2.46. The first-order valence-corrected chi connectivity index (χ1v) is 8.14. The fourth-order valence-corrected chi connectivity index (χ4v) is 3.95. The number of nitrogens with two attached hydrogens (primary N) is 1. The minimum atomic E-state index is -1.01. The van der Waals surface area contributed by atoms with Gasteiger partial charge in [0.2, 0.25) is 17.7 Å². The Morgan fingerprint density at radius 2 is 2.08 bits per heavy atom. The lowest BCUT2D eigenvalue weighted by atomic mass is 9.74. The normalized spacial score (nSPS) is 29.4. The molecule has 1 spiro atoms. The van der Waals surface area contributed by atoms with Gasteiger partial charge in [0.25, 0.3) is 0 Å². The predicted molar refractivity (Wildman–Crippen MR) is 84.0 cm³/mol. The summed E-state index contributed by atoms with van der Waals surface area (Å²) in [6, 6.07) is 0.622. The van der Waals surface area contributed by atoms with Crippen molar-refractivity contribution in [2.24, 2.45) is 11.7 Å². The summed E-state index contributed by atoms with van der Waals surface area (Å²) in [5.74, 6) is -1.55. The maximum atomic E-state index is 12.5. The molecule has 132 valence electrons. The van der Waals surface area contributed by atoms with Crippen LogP contribution in [-0.2, 0) is 14.4 Å². The number of hydrogen-bond donors (Lipinski definition) is 2. The van der Waals surface area contributed by atoms with Crippen molar-refractivity contribution in [3.8, 4) is 6.07 Å². The quantitative estimate of drug-likeness (QED) is 0.687. The van der Waals surface area contributed by atoms with Crippen molar-refractivity contribution in [3.05, 3.63) is 0 Å². The molecule has 2 aliphatic rings. The van der Waals surface area contributed by atoms with Gasteiger partial charge in [-0.15, -0.1) is 0 Å². The molecule has 0 bridgehead atoms.